The number of piperazine rings is 1. The maximum Gasteiger partial charge on any atom is 0.276 e. The van der Waals surface area contributed by atoms with E-state index in [1.54, 1.807) is 18.5 Å². The molecule has 1 amide bonds. The standard InChI is InChI=1S/C22H22N4O3/c27-22(19-13-21(29-24-19)18-2-1-6-23-14-18)26-9-7-25(8-10-26)15-16-3-4-20-17(12-16)5-11-28-20/h1-4,6,12-14H,5,7-11,15H2. The fraction of sp³-hybridized carbons (Fsp3) is 0.318. The van der Waals surface area contributed by atoms with Crippen LogP contribution in [0, 0.1) is 0 Å². The van der Waals surface area contributed by atoms with Gasteiger partial charge >= 0.3 is 0 Å². The molecule has 0 unspecified atom stereocenters. The van der Waals surface area contributed by atoms with E-state index in [-0.39, 0.29) is 5.91 Å². The van der Waals surface area contributed by atoms with Crippen LogP contribution in [0.3, 0.4) is 0 Å². The Morgan fingerprint density at radius 3 is 2.83 bits per heavy atom. The molecule has 1 fully saturated rings. The minimum Gasteiger partial charge on any atom is -0.493 e. The highest BCUT2D eigenvalue weighted by atomic mass is 16.5. The molecule has 7 heteroatoms. The molecule has 29 heavy (non-hydrogen) atoms. The van der Waals surface area contributed by atoms with Crippen LogP contribution in [0.5, 0.6) is 5.75 Å². The Labute approximate surface area is 168 Å². The third-order valence-electron chi connectivity index (χ3n) is 5.49. The van der Waals surface area contributed by atoms with Gasteiger partial charge < -0.3 is 14.2 Å². The van der Waals surface area contributed by atoms with Crippen LogP contribution in [0.25, 0.3) is 11.3 Å². The molecule has 0 aliphatic carbocycles. The number of ether oxygens (including phenoxy) is 1. The lowest BCUT2D eigenvalue weighted by Crippen LogP contribution is -2.48. The topological polar surface area (TPSA) is 71.7 Å². The third kappa shape index (κ3) is 3.73. The van der Waals surface area contributed by atoms with E-state index in [4.69, 9.17) is 9.26 Å². The third-order valence-corrected chi connectivity index (χ3v) is 5.49. The van der Waals surface area contributed by atoms with Crippen molar-refractivity contribution in [2.45, 2.75) is 13.0 Å². The summed E-state index contributed by atoms with van der Waals surface area (Å²) in [6.45, 7) is 4.72. The summed E-state index contributed by atoms with van der Waals surface area (Å²) < 4.78 is 10.9. The van der Waals surface area contributed by atoms with E-state index in [0.29, 0.717) is 24.5 Å². The Hall–Kier alpha value is -3.19. The van der Waals surface area contributed by atoms with Gasteiger partial charge in [0.1, 0.15) is 5.75 Å². The molecule has 1 aromatic carbocycles. The lowest BCUT2D eigenvalue weighted by atomic mass is 10.1. The second-order valence-electron chi connectivity index (χ2n) is 7.43. The number of benzene rings is 1. The Balaban J connectivity index is 1.18. The molecule has 3 aromatic rings. The number of aromatic nitrogens is 2. The van der Waals surface area contributed by atoms with Gasteiger partial charge in [0.25, 0.3) is 5.91 Å². The van der Waals surface area contributed by atoms with Crippen LogP contribution in [0.2, 0.25) is 0 Å². The first-order valence-electron chi connectivity index (χ1n) is 9.89. The number of carbonyl (C=O) groups excluding carboxylic acids is 1. The number of nitrogens with zero attached hydrogens (tertiary/aromatic N) is 4. The van der Waals surface area contributed by atoms with Crippen LogP contribution in [0.1, 0.15) is 21.6 Å². The van der Waals surface area contributed by atoms with Gasteiger partial charge in [0.2, 0.25) is 0 Å². The molecule has 2 aliphatic rings. The molecule has 2 aromatic heterocycles. The van der Waals surface area contributed by atoms with Gasteiger partial charge in [0.15, 0.2) is 11.5 Å². The average Bonchev–Trinajstić information content (AvgIpc) is 3.44. The molecule has 0 saturated carbocycles. The van der Waals surface area contributed by atoms with Gasteiger partial charge in [0.05, 0.1) is 6.61 Å². The number of hydrogen-bond acceptors (Lipinski definition) is 6. The summed E-state index contributed by atoms with van der Waals surface area (Å²) in [7, 11) is 0. The summed E-state index contributed by atoms with van der Waals surface area (Å²) in [6.07, 6.45) is 4.38. The van der Waals surface area contributed by atoms with Gasteiger partial charge in [-0.25, -0.2) is 0 Å². The normalized spacial score (nSPS) is 16.5. The second kappa shape index (κ2) is 7.67. The first-order chi connectivity index (χ1) is 14.3. The molecule has 4 heterocycles. The minimum absolute atomic E-state index is 0.0850. The van der Waals surface area contributed by atoms with Gasteiger partial charge in [-0.15, -0.1) is 0 Å². The predicted octanol–water partition coefficient (Wildman–Crippen LogP) is 2.63. The second-order valence-corrected chi connectivity index (χ2v) is 7.43. The van der Waals surface area contributed by atoms with Crippen molar-refractivity contribution in [3.63, 3.8) is 0 Å². The van der Waals surface area contributed by atoms with Gasteiger partial charge in [-0.1, -0.05) is 17.3 Å². The molecule has 7 nitrogen and oxygen atoms in total. The summed E-state index contributed by atoms with van der Waals surface area (Å²) in [4.78, 5) is 21.1. The van der Waals surface area contributed by atoms with Crippen LogP contribution < -0.4 is 4.74 Å². The zero-order chi connectivity index (χ0) is 19.6. The predicted molar refractivity (Wildman–Crippen MR) is 107 cm³/mol. The van der Waals surface area contributed by atoms with E-state index in [1.807, 2.05) is 17.0 Å². The van der Waals surface area contributed by atoms with Gasteiger partial charge in [-0.3, -0.25) is 14.7 Å². The number of hydrogen-bond donors (Lipinski definition) is 0. The Kier molecular flexibility index (Phi) is 4.73. The number of amides is 1. The first kappa shape index (κ1) is 17.9. The lowest BCUT2D eigenvalue weighted by Gasteiger charge is -2.34. The maximum absolute atomic E-state index is 12.8. The fourth-order valence-corrected chi connectivity index (χ4v) is 3.89. The van der Waals surface area contributed by atoms with Crippen LogP contribution in [0.15, 0.2) is 53.3 Å². The van der Waals surface area contributed by atoms with E-state index in [1.165, 1.54) is 11.1 Å². The maximum atomic E-state index is 12.8. The molecule has 0 atom stereocenters. The summed E-state index contributed by atoms with van der Waals surface area (Å²) in [5.41, 5.74) is 3.75. The summed E-state index contributed by atoms with van der Waals surface area (Å²) in [6, 6.07) is 11.9. The molecule has 1 saturated heterocycles. The van der Waals surface area contributed by atoms with Gasteiger partial charge in [0, 0.05) is 63.2 Å². The summed E-state index contributed by atoms with van der Waals surface area (Å²) in [5, 5.41) is 3.97. The van der Waals surface area contributed by atoms with Crippen molar-refractivity contribution < 1.29 is 14.1 Å². The molecule has 0 radical (unpaired) electrons. The Bertz CT molecular complexity index is 1010. The SMILES string of the molecule is O=C(c1cc(-c2cccnc2)on1)N1CCN(Cc2ccc3c(c2)CCO3)CC1. The van der Waals surface area contributed by atoms with E-state index in [2.05, 4.69) is 33.2 Å². The van der Waals surface area contributed by atoms with Crippen LogP contribution >= 0.6 is 0 Å². The van der Waals surface area contributed by atoms with Gasteiger partial charge in [-0.05, 0) is 29.3 Å². The molecular weight excluding hydrogens is 368 g/mol. The largest absolute Gasteiger partial charge is 0.493 e. The van der Waals surface area contributed by atoms with Crippen molar-refractivity contribution in [3.05, 3.63) is 65.6 Å². The number of carbonyl (C=O) groups is 1. The number of rotatable bonds is 4. The van der Waals surface area contributed by atoms with Crippen molar-refractivity contribution in [2.75, 3.05) is 32.8 Å². The van der Waals surface area contributed by atoms with Crippen molar-refractivity contribution in [2.24, 2.45) is 0 Å². The monoisotopic (exact) mass is 390 g/mol. The quantitative estimate of drug-likeness (QED) is 0.682. The van der Waals surface area contributed by atoms with Crippen LogP contribution in [-0.4, -0.2) is 58.6 Å². The summed E-state index contributed by atoms with van der Waals surface area (Å²) >= 11 is 0. The van der Waals surface area contributed by atoms with E-state index in [9.17, 15) is 4.79 Å². The van der Waals surface area contributed by atoms with Crippen molar-refractivity contribution in [1.29, 1.82) is 0 Å². The summed E-state index contributed by atoms with van der Waals surface area (Å²) in [5.74, 6) is 1.49. The van der Waals surface area contributed by atoms with Crippen molar-refractivity contribution >= 4 is 5.91 Å². The highest BCUT2D eigenvalue weighted by Gasteiger charge is 2.25. The Morgan fingerprint density at radius 2 is 2.00 bits per heavy atom. The molecule has 5 rings (SSSR count). The molecular formula is C22H22N4O3. The van der Waals surface area contributed by atoms with Crippen LogP contribution in [0.4, 0.5) is 0 Å². The first-order valence-corrected chi connectivity index (χ1v) is 9.89. The molecule has 0 N–H and O–H groups in total. The van der Waals surface area contributed by atoms with E-state index in [0.717, 1.165) is 44.0 Å². The number of pyridine rings is 1. The highest BCUT2D eigenvalue weighted by Crippen LogP contribution is 2.26. The smallest absolute Gasteiger partial charge is 0.276 e. The van der Waals surface area contributed by atoms with Crippen molar-refractivity contribution in [1.82, 2.24) is 19.9 Å². The zero-order valence-electron chi connectivity index (χ0n) is 16.1. The highest BCUT2D eigenvalue weighted by molar-refractivity contribution is 5.93. The fourth-order valence-electron chi connectivity index (χ4n) is 3.89. The van der Waals surface area contributed by atoms with Gasteiger partial charge in [-0.2, -0.15) is 0 Å². The molecule has 0 bridgehead atoms. The zero-order valence-corrected chi connectivity index (χ0v) is 16.1. The van der Waals surface area contributed by atoms with E-state index < -0.39 is 0 Å². The Morgan fingerprint density at radius 1 is 1.10 bits per heavy atom. The van der Waals surface area contributed by atoms with Crippen molar-refractivity contribution in [3.8, 4) is 17.1 Å². The van der Waals surface area contributed by atoms with Crippen LogP contribution in [-0.2, 0) is 13.0 Å². The number of fused-ring (bicyclic) bond motifs is 1. The van der Waals surface area contributed by atoms with E-state index >= 15 is 0 Å². The average molecular weight is 390 g/mol. The molecule has 148 valence electrons. The molecule has 0 spiro atoms. The minimum atomic E-state index is -0.0850. The lowest BCUT2D eigenvalue weighted by molar-refractivity contribution is 0.0618. The molecule has 2 aliphatic heterocycles.